The van der Waals surface area contributed by atoms with Gasteiger partial charge in [-0.25, -0.2) is 0 Å². The van der Waals surface area contributed by atoms with E-state index < -0.39 is 9.04 Å². The molecular weight excluding hydrogens is 190 g/mol. The van der Waals surface area contributed by atoms with E-state index in [1.807, 2.05) is 0 Å². The van der Waals surface area contributed by atoms with E-state index in [2.05, 4.69) is 39.9 Å². The second-order valence-electron chi connectivity index (χ2n) is 4.53. The van der Waals surface area contributed by atoms with Gasteiger partial charge in [-0.15, -0.1) is 0 Å². The van der Waals surface area contributed by atoms with Crippen molar-refractivity contribution >= 4 is 9.04 Å². The van der Waals surface area contributed by atoms with Crippen molar-refractivity contribution in [1.29, 1.82) is 0 Å². The van der Waals surface area contributed by atoms with E-state index in [0.29, 0.717) is 0 Å². The Hall–Kier alpha value is 0.137. The van der Waals surface area contributed by atoms with Crippen LogP contribution in [0, 0.1) is 0 Å². The molecule has 1 N–H and O–H groups in total. The Balaban J connectivity index is 3.52. The quantitative estimate of drug-likeness (QED) is 0.498. The Labute approximate surface area is 91.2 Å². The van der Waals surface area contributed by atoms with Gasteiger partial charge in [-0.1, -0.05) is 34.6 Å². The van der Waals surface area contributed by atoms with Crippen LogP contribution in [0.15, 0.2) is 0 Å². The van der Waals surface area contributed by atoms with Gasteiger partial charge < -0.3 is 9.74 Å². The predicted molar refractivity (Wildman–Crippen MR) is 66.5 cm³/mol. The standard InChI is InChI=1S/C11H27NOSi/c1-6-12-8-7-9-13-14(10(2)3)11(4)5/h10-12,14H,6-9H2,1-5H3. The van der Waals surface area contributed by atoms with Crippen LogP contribution in [0.2, 0.25) is 11.1 Å². The lowest BCUT2D eigenvalue weighted by Crippen LogP contribution is -2.27. The Morgan fingerprint density at radius 2 is 1.71 bits per heavy atom. The van der Waals surface area contributed by atoms with Crippen molar-refractivity contribution in [3.05, 3.63) is 0 Å². The van der Waals surface area contributed by atoms with Crippen LogP contribution in [0.25, 0.3) is 0 Å². The van der Waals surface area contributed by atoms with Gasteiger partial charge in [0.05, 0.1) is 0 Å². The van der Waals surface area contributed by atoms with Crippen molar-refractivity contribution in [2.75, 3.05) is 19.7 Å². The first-order valence-corrected chi connectivity index (χ1v) is 7.72. The maximum absolute atomic E-state index is 6.01. The fraction of sp³-hybridized carbons (Fsp3) is 1.00. The van der Waals surface area contributed by atoms with E-state index in [-0.39, 0.29) is 0 Å². The van der Waals surface area contributed by atoms with Gasteiger partial charge in [0, 0.05) is 6.61 Å². The third-order valence-electron chi connectivity index (χ3n) is 2.37. The summed E-state index contributed by atoms with van der Waals surface area (Å²) in [6.07, 6.45) is 1.15. The molecule has 0 heterocycles. The molecule has 0 unspecified atom stereocenters. The fourth-order valence-electron chi connectivity index (χ4n) is 1.75. The molecule has 0 aromatic rings. The molecule has 0 saturated heterocycles. The number of hydrogen-bond acceptors (Lipinski definition) is 2. The zero-order chi connectivity index (χ0) is 11.0. The molecule has 86 valence electrons. The molecule has 0 rings (SSSR count). The summed E-state index contributed by atoms with van der Waals surface area (Å²) in [5.41, 5.74) is 1.52. The Kier molecular flexibility index (Phi) is 8.53. The van der Waals surface area contributed by atoms with Crippen molar-refractivity contribution < 1.29 is 4.43 Å². The summed E-state index contributed by atoms with van der Waals surface area (Å²) in [6.45, 7) is 14.4. The lowest BCUT2D eigenvalue weighted by atomic mass is 10.4. The monoisotopic (exact) mass is 217 g/mol. The van der Waals surface area contributed by atoms with Crippen LogP contribution in [-0.4, -0.2) is 28.7 Å². The zero-order valence-corrected chi connectivity index (χ0v) is 11.6. The molecule has 0 aliphatic heterocycles. The summed E-state index contributed by atoms with van der Waals surface area (Å²) >= 11 is 0. The van der Waals surface area contributed by atoms with Gasteiger partial charge in [-0.05, 0) is 30.6 Å². The molecule has 14 heavy (non-hydrogen) atoms. The zero-order valence-electron chi connectivity index (χ0n) is 10.5. The van der Waals surface area contributed by atoms with E-state index in [1.165, 1.54) is 0 Å². The summed E-state index contributed by atoms with van der Waals surface area (Å²) in [5, 5.41) is 3.32. The smallest absolute Gasteiger partial charge is 0.181 e. The molecule has 0 bridgehead atoms. The number of nitrogens with one attached hydrogen (secondary N) is 1. The minimum absolute atomic E-state index is 0.758. The van der Waals surface area contributed by atoms with Crippen molar-refractivity contribution in [3.63, 3.8) is 0 Å². The maximum Gasteiger partial charge on any atom is 0.181 e. The van der Waals surface area contributed by atoms with Gasteiger partial charge in [-0.3, -0.25) is 0 Å². The minimum Gasteiger partial charge on any atom is -0.419 e. The Morgan fingerprint density at radius 3 is 2.14 bits per heavy atom. The molecule has 2 nitrogen and oxygen atoms in total. The van der Waals surface area contributed by atoms with Gasteiger partial charge in [0.1, 0.15) is 0 Å². The molecule has 0 aliphatic carbocycles. The van der Waals surface area contributed by atoms with Crippen molar-refractivity contribution in [2.45, 2.75) is 52.1 Å². The highest BCUT2D eigenvalue weighted by Gasteiger charge is 2.20. The van der Waals surface area contributed by atoms with Gasteiger partial charge >= 0.3 is 0 Å². The van der Waals surface area contributed by atoms with Crippen LogP contribution in [0.3, 0.4) is 0 Å². The lowest BCUT2D eigenvalue weighted by Gasteiger charge is -2.23. The average molecular weight is 217 g/mol. The Morgan fingerprint density at radius 1 is 1.14 bits per heavy atom. The summed E-state index contributed by atoms with van der Waals surface area (Å²) < 4.78 is 6.01. The molecule has 0 aromatic carbocycles. The summed E-state index contributed by atoms with van der Waals surface area (Å²) in [6, 6.07) is 0. The van der Waals surface area contributed by atoms with Crippen molar-refractivity contribution in [2.24, 2.45) is 0 Å². The number of hydrogen-bond donors (Lipinski definition) is 1. The SMILES string of the molecule is CCNCCCO[SiH](C(C)C)C(C)C. The highest BCUT2D eigenvalue weighted by atomic mass is 28.3. The largest absolute Gasteiger partial charge is 0.419 e. The second kappa shape index (κ2) is 8.45. The van der Waals surface area contributed by atoms with Crippen molar-refractivity contribution in [3.8, 4) is 0 Å². The van der Waals surface area contributed by atoms with E-state index in [9.17, 15) is 0 Å². The van der Waals surface area contributed by atoms with Crippen LogP contribution in [0.4, 0.5) is 0 Å². The molecule has 0 fully saturated rings. The van der Waals surface area contributed by atoms with E-state index >= 15 is 0 Å². The Bertz CT molecular complexity index is 120. The highest BCUT2D eigenvalue weighted by molar-refractivity contribution is 6.54. The molecule has 3 heteroatoms. The summed E-state index contributed by atoms with van der Waals surface area (Å²) in [5.74, 6) is 0. The van der Waals surface area contributed by atoms with Crippen LogP contribution in [0.5, 0.6) is 0 Å². The molecule has 0 radical (unpaired) electrons. The van der Waals surface area contributed by atoms with E-state index in [0.717, 1.165) is 37.2 Å². The first kappa shape index (κ1) is 14.1. The fourth-order valence-corrected chi connectivity index (χ4v) is 4.50. The van der Waals surface area contributed by atoms with Crippen LogP contribution in [0.1, 0.15) is 41.0 Å². The van der Waals surface area contributed by atoms with E-state index in [4.69, 9.17) is 4.43 Å². The molecule has 0 spiro atoms. The highest BCUT2D eigenvalue weighted by Crippen LogP contribution is 2.20. The summed E-state index contributed by atoms with van der Waals surface area (Å²) in [7, 11) is -0.960. The third kappa shape index (κ3) is 6.57. The average Bonchev–Trinajstić information content (AvgIpc) is 2.09. The van der Waals surface area contributed by atoms with Crippen LogP contribution in [-0.2, 0) is 4.43 Å². The molecular formula is C11H27NOSi. The maximum atomic E-state index is 6.01. The molecule has 0 saturated carbocycles. The first-order chi connectivity index (χ1) is 6.59. The second-order valence-corrected chi connectivity index (χ2v) is 8.46. The van der Waals surface area contributed by atoms with Gasteiger partial charge in [-0.2, -0.15) is 0 Å². The van der Waals surface area contributed by atoms with Gasteiger partial charge in [0.15, 0.2) is 9.04 Å². The first-order valence-electron chi connectivity index (χ1n) is 5.91. The molecule has 0 atom stereocenters. The van der Waals surface area contributed by atoms with Gasteiger partial charge in [0.2, 0.25) is 0 Å². The molecule has 0 amide bonds. The predicted octanol–water partition coefficient (Wildman–Crippen LogP) is 2.55. The number of rotatable bonds is 8. The van der Waals surface area contributed by atoms with Crippen LogP contribution >= 0.6 is 0 Å². The third-order valence-corrected chi connectivity index (χ3v) is 5.62. The lowest BCUT2D eigenvalue weighted by molar-refractivity contribution is 0.299. The van der Waals surface area contributed by atoms with Crippen molar-refractivity contribution in [1.82, 2.24) is 5.32 Å². The topological polar surface area (TPSA) is 21.3 Å². The van der Waals surface area contributed by atoms with Crippen LogP contribution < -0.4 is 5.32 Å². The minimum atomic E-state index is -0.960. The normalized spacial score (nSPS) is 12.0. The van der Waals surface area contributed by atoms with E-state index in [1.54, 1.807) is 0 Å². The summed E-state index contributed by atoms with van der Waals surface area (Å²) in [4.78, 5) is 0. The molecule has 0 aliphatic rings. The molecule has 0 aromatic heterocycles. The van der Waals surface area contributed by atoms with Gasteiger partial charge in [0.25, 0.3) is 0 Å².